The molecule has 57 heavy (non-hydrogen) atoms. The normalized spacial score (nSPS) is 11.9. The highest BCUT2D eigenvalue weighted by Crippen LogP contribution is 2.39. The van der Waals surface area contributed by atoms with Crippen molar-refractivity contribution in [1.82, 2.24) is 19.5 Å². The second-order valence-electron chi connectivity index (χ2n) is 14.4. The summed E-state index contributed by atoms with van der Waals surface area (Å²) in [4.78, 5) is 15.6. The first-order chi connectivity index (χ1) is 28.2. The van der Waals surface area contributed by atoms with E-state index in [0.717, 1.165) is 71.6 Å². The molecule has 0 saturated heterocycles. The zero-order valence-corrected chi connectivity index (χ0v) is 31.2. The fraction of sp³-hybridized carbons (Fsp3) is 0. The lowest BCUT2D eigenvalue weighted by molar-refractivity contribution is 0.669. The molecule has 0 aliphatic carbocycles. The maximum Gasteiger partial charge on any atom is 0.238 e. The smallest absolute Gasteiger partial charge is 0.238 e. The van der Waals surface area contributed by atoms with Crippen molar-refractivity contribution in [2.24, 2.45) is 0 Å². The maximum atomic E-state index is 6.40. The number of nitrogens with zero attached hydrogens (tertiary/aromatic N) is 4. The molecule has 0 amide bonds. The number of furan rings is 1. The van der Waals surface area contributed by atoms with Crippen LogP contribution in [-0.2, 0) is 0 Å². The van der Waals surface area contributed by atoms with Gasteiger partial charge in [-0.05, 0) is 70.8 Å². The summed E-state index contributed by atoms with van der Waals surface area (Å²) in [5, 5.41) is 6.97. The molecular formula is C51H30N4OS. The number of hydrogen-bond acceptors (Lipinski definition) is 5. The largest absolute Gasteiger partial charge is 0.456 e. The second kappa shape index (κ2) is 12.6. The molecule has 6 heteroatoms. The quantitative estimate of drug-likeness (QED) is 0.176. The van der Waals surface area contributed by atoms with Gasteiger partial charge in [0.05, 0.1) is 11.0 Å². The number of rotatable bonds is 5. The van der Waals surface area contributed by atoms with Crippen molar-refractivity contribution in [2.75, 3.05) is 0 Å². The molecule has 8 aromatic carbocycles. The summed E-state index contributed by atoms with van der Waals surface area (Å²) in [7, 11) is 0. The van der Waals surface area contributed by atoms with Crippen molar-refractivity contribution in [3.8, 4) is 51.0 Å². The molecule has 0 aliphatic heterocycles. The van der Waals surface area contributed by atoms with Gasteiger partial charge in [0.15, 0.2) is 11.6 Å². The van der Waals surface area contributed by atoms with Crippen LogP contribution < -0.4 is 0 Å². The van der Waals surface area contributed by atoms with Crippen LogP contribution in [0.4, 0.5) is 0 Å². The summed E-state index contributed by atoms with van der Waals surface area (Å²) >= 11 is 1.80. The molecule has 0 radical (unpaired) electrons. The number of thiophene rings is 1. The number of aromatic nitrogens is 4. The molecule has 0 saturated carbocycles. The van der Waals surface area contributed by atoms with Crippen LogP contribution in [0.25, 0.3) is 115 Å². The molecule has 4 aromatic heterocycles. The number of benzene rings is 8. The molecule has 4 heterocycles. The highest BCUT2D eigenvalue weighted by Gasteiger charge is 2.19. The van der Waals surface area contributed by atoms with Gasteiger partial charge in [0, 0.05) is 52.8 Å². The Bertz CT molecular complexity index is 3530. The van der Waals surface area contributed by atoms with E-state index in [1.807, 2.05) is 24.3 Å². The Hall–Kier alpha value is -7.41. The predicted octanol–water partition coefficient (Wildman–Crippen LogP) is 13.9. The highest BCUT2D eigenvalue weighted by atomic mass is 32.1. The van der Waals surface area contributed by atoms with Gasteiger partial charge in [-0.1, -0.05) is 133 Å². The van der Waals surface area contributed by atoms with Crippen molar-refractivity contribution in [2.45, 2.75) is 0 Å². The average Bonchev–Trinajstić information content (AvgIpc) is 3.95. The van der Waals surface area contributed by atoms with Gasteiger partial charge in [-0.2, -0.15) is 9.97 Å². The van der Waals surface area contributed by atoms with E-state index in [1.165, 1.54) is 25.7 Å². The first kappa shape index (κ1) is 31.9. The Labute approximate surface area is 330 Å². The van der Waals surface area contributed by atoms with Crippen LogP contribution in [0.1, 0.15) is 0 Å². The molecule has 266 valence electrons. The molecular weight excluding hydrogens is 717 g/mol. The van der Waals surface area contributed by atoms with E-state index in [1.54, 1.807) is 11.3 Å². The fourth-order valence-electron chi connectivity index (χ4n) is 8.31. The van der Waals surface area contributed by atoms with Crippen LogP contribution in [0.3, 0.4) is 0 Å². The van der Waals surface area contributed by atoms with Gasteiger partial charge in [0.2, 0.25) is 5.95 Å². The van der Waals surface area contributed by atoms with Crippen LogP contribution in [0.5, 0.6) is 0 Å². The van der Waals surface area contributed by atoms with E-state index in [2.05, 4.69) is 162 Å². The summed E-state index contributed by atoms with van der Waals surface area (Å²) in [6, 6.07) is 63.9. The Balaban J connectivity index is 1.04. The van der Waals surface area contributed by atoms with Crippen LogP contribution in [-0.4, -0.2) is 19.5 Å². The molecule has 0 atom stereocenters. The zero-order chi connectivity index (χ0) is 37.5. The van der Waals surface area contributed by atoms with E-state index < -0.39 is 0 Å². The molecule has 0 unspecified atom stereocenters. The number of hydrogen-bond donors (Lipinski definition) is 0. The van der Waals surface area contributed by atoms with Crippen molar-refractivity contribution in [1.29, 1.82) is 0 Å². The Morgan fingerprint density at radius 2 is 0.947 bits per heavy atom. The van der Waals surface area contributed by atoms with Crippen LogP contribution >= 0.6 is 11.3 Å². The monoisotopic (exact) mass is 746 g/mol. The summed E-state index contributed by atoms with van der Waals surface area (Å²) < 4.78 is 11.1. The van der Waals surface area contributed by atoms with Crippen molar-refractivity contribution in [3.05, 3.63) is 182 Å². The van der Waals surface area contributed by atoms with Crippen molar-refractivity contribution < 1.29 is 4.42 Å². The maximum absolute atomic E-state index is 6.40. The lowest BCUT2D eigenvalue weighted by Crippen LogP contribution is -2.06. The van der Waals surface area contributed by atoms with Gasteiger partial charge >= 0.3 is 0 Å². The third kappa shape index (κ3) is 5.19. The molecule has 0 fully saturated rings. The summed E-state index contributed by atoms with van der Waals surface area (Å²) in [5.41, 5.74) is 10.2. The lowest BCUT2D eigenvalue weighted by Gasteiger charge is -2.11. The Kier molecular flexibility index (Phi) is 7.03. The Morgan fingerprint density at radius 3 is 1.79 bits per heavy atom. The minimum atomic E-state index is 0.573. The number of para-hydroxylation sites is 1. The van der Waals surface area contributed by atoms with E-state index in [-0.39, 0.29) is 0 Å². The van der Waals surface area contributed by atoms with Gasteiger partial charge in [-0.3, -0.25) is 4.57 Å². The standard InChI is InChI=1S/C51H30N4OS/c1-3-11-31(12-4-1)35-20-24-39-42-27-33(22-26-45(42)56-46(39)29-35)34-19-23-38-37-15-7-9-17-43(37)55(44(38)28-34)51-53-49(32-13-5-2-6-14-32)52-50(54-51)36-21-25-41-40-16-8-10-18-47(40)57-48(41)30-36/h1-30H. The second-order valence-corrected chi connectivity index (χ2v) is 15.5. The fourth-order valence-corrected chi connectivity index (χ4v) is 9.45. The first-order valence-electron chi connectivity index (χ1n) is 19.0. The molecule has 0 N–H and O–H groups in total. The summed E-state index contributed by atoms with van der Waals surface area (Å²) in [6.07, 6.45) is 0. The van der Waals surface area contributed by atoms with Crippen LogP contribution in [0, 0.1) is 0 Å². The molecule has 12 aromatic rings. The zero-order valence-electron chi connectivity index (χ0n) is 30.4. The average molecular weight is 747 g/mol. The third-order valence-corrected chi connectivity index (χ3v) is 12.2. The molecule has 5 nitrogen and oxygen atoms in total. The molecule has 12 rings (SSSR count). The van der Waals surface area contributed by atoms with Gasteiger partial charge in [-0.25, -0.2) is 4.98 Å². The summed E-state index contributed by atoms with van der Waals surface area (Å²) in [5.74, 6) is 1.83. The van der Waals surface area contributed by atoms with Crippen molar-refractivity contribution >= 4 is 75.3 Å². The number of fused-ring (bicyclic) bond motifs is 9. The topological polar surface area (TPSA) is 56.7 Å². The molecule has 0 aliphatic rings. The highest BCUT2D eigenvalue weighted by molar-refractivity contribution is 7.25. The van der Waals surface area contributed by atoms with Crippen LogP contribution in [0.2, 0.25) is 0 Å². The minimum absolute atomic E-state index is 0.573. The SMILES string of the molecule is c1ccc(-c2ccc3c(c2)oc2ccc(-c4ccc5c6ccccc6n(-c6nc(-c7ccccc7)nc(-c7ccc8c(c7)sc7ccccc78)n6)c5c4)cc23)cc1. The van der Waals surface area contributed by atoms with E-state index in [9.17, 15) is 0 Å². The van der Waals surface area contributed by atoms with Gasteiger partial charge in [0.1, 0.15) is 11.2 Å². The lowest BCUT2D eigenvalue weighted by atomic mass is 10.00. The van der Waals surface area contributed by atoms with Gasteiger partial charge < -0.3 is 4.42 Å². The third-order valence-electron chi connectivity index (χ3n) is 11.1. The Morgan fingerprint density at radius 1 is 0.351 bits per heavy atom. The minimum Gasteiger partial charge on any atom is -0.456 e. The molecule has 0 spiro atoms. The van der Waals surface area contributed by atoms with E-state index in [4.69, 9.17) is 19.4 Å². The van der Waals surface area contributed by atoms with Crippen LogP contribution in [0.15, 0.2) is 186 Å². The van der Waals surface area contributed by atoms with Crippen molar-refractivity contribution in [3.63, 3.8) is 0 Å². The van der Waals surface area contributed by atoms with E-state index >= 15 is 0 Å². The summed E-state index contributed by atoms with van der Waals surface area (Å²) in [6.45, 7) is 0. The van der Waals surface area contributed by atoms with Gasteiger partial charge in [0.25, 0.3) is 0 Å². The van der Waals surface area contributed by atoms with Gasteiger partial charge in [-0.15, -0.1) is 11.3 Å². The van der Waals surface area contributed by atoms with E-state index in [0.29, 0.717) is 17.6 Å². The first-order valence-corrected chi connectivity index (χ1v) is 19.8. The predicted molar refractivity (Wildman–Crippen MR) is 236 cm³/mol. The molecule has 0 bridgehead atoms.